The molecule has 128 valence electrons. The number of aromatic nitrogens is 4. The first-order valence-electron chi connectivity index (χ1n) is 7.92. The first kappa shape index (κ1) is 17.7. The predicted octanol–water partition coefficient (Wildman–Crippen LogP) is 4.33. The molecule has 0 radical (unpaired) electrons. The van der Waals surface area contributed by atoms with Crippen molar-refractivity contribution < 1.29 is 4.74 Å². The molecular weight excluding hydrogens is 360 g/mol. The van der Waals surface area contributed by atoms with Gasteiger partial charge in [0, 0.05) is 18.9 Å². The highest BCUT2D eigenvalue weighted by Gasteiger charge is 2.13. The van der Waals surface area contributed by atoms with E-state index in [9.17, 15) is 0 Å². The topological polar surface area (TPSA) is 52.8 Å². The Labute approximate surface area is 154 Å². The SMILES string of the molecule is CCOCCSc1nnc(CSc2nc3ccccc3s2)n1CC. The van der Waals surface area contributed by atoms with E-state index in [1.54, 1.807) is 34.9 Å². The van der Waals surface area contributed by atoms with Gasteiger partial charge in [-0.15, -0.1) is 21.5 Å². The zero-order valence-corrected chi connectivity index (χ0v) is 16.2. The quantitative estimate of drug-likeness (QED) is 0.407. The Morgan fingerprint density at radius 1 is 1.17 bits per heavy atom. The van der Waals surface area contributed by atoms with Crippen molar-refractivity contribution >= 4 is 45.1 Å². The van der Waals surface area contributed by atoms with Crippen LogP contribution in [0.15, 0.2) is 33.8 Å². The summed E-state index contributed by atoms with van der Waals surface area (Å²) < 4.78 is 9.86. The minimum Gasteiger partial charge on any atom is -0.381 e. The summed E-state index contributed by atoms with van der Waals surface area (Å²) in [6, 6.07) is 8.24. The number of hydrogen-bond acceptors (Lipinski definition) is 7. The molecule has 5 nitrogen and oxygen atoms in total. The maximum Gasteiger partial charge on any atom is 0.191 e. The molecule has 0 aliphatic carbocycles. The third kappa shape index (κ3) is 4.30. The van der Waals surface area contributed by atoms with E-state index in [4.69, 9.17) is 4.74 Å². The van der Waals surface area contributed by atoms with Crippen molar-refractivity contribution in [1.82, 2.24) is 19.7 Å². The van der Waals surface area contributed by atoms with Gasteiger partial charge >= 0.3 is 0 Å². The van der Waals surface area contributed by atoms with Crippen LogP contribution in [0.25, 0.3) is 10.2 Å². The third-order valence-corrected chi connectivity index (χ3v) is 6.48. The van der Waals surface area contributed by atoms with E-state index in [2.05, 4.69) is 44.9 Å². The highest BCUT2D eigenvalue weighted by atomic mass is 32.2. The molecule has 0 saturated heterocycles. The van der Waals surface area contributed by atoms with E-state index < -0.39 is 0 Å². The number of fused-ring (bicyclic) bond motifs is 1. The minimum atomic E-state index is 0.744. The summed E-state index contributed by atoms with van der Waals surface area (Å²) in [5.41, 5.74) is 1.06. The van der Waals surface area contributed by atoms with Crippen LogP contribution < -0.4 is 0 Å². The van der Waals surface area contributed by atoms with Crippen molar-refractivity contribution in [2.75, 3.05) is 19.0 Å². The summed E-state index contributed by atoms with van der Waals surface area (Å²) in [4.78, 5) is 4.66. The Kier molecular flexibility index (Phi) is 6.53. The van der Waals surface area contributed by atoms with Crippen molar-refractivity contribution in [2.45, 2.75) is 35.6 Å². The van der Waals surface area contributed by atoms with E-state index in [-0.39, 0.29) is 0 Å². The molecule has 0 amide bonds. The van der Waals surface area contributed by atoms with Gasteiger partial charge in [0.25, 0.3) is 0 Å². The first-order chi connectivity index (χ1) is 11.8. The van der Waals surface area contributed by atoms with Crippen molar-refractivity contribution in [2.24, 2.45) is 0 Å². The lowest BCUT2D eigenvalue weighted by atomic mass is 10.3. The number of nitrogens with zero attached hydrogens (tertiary/aromatic N) is 4. The van der Waals surface area contributed by atoms with Crippen molar-refractivity contribution in [3.05, 3.63) is 30.1 Å². The summed E-state index contributed by atoms with van der Waals surface area (Å²) in [6.45, 7) is 6.51. The van der Waals surface area contributed by atoms with Crippen LogP contribution in [-0.4, -0.2) is 38.7 Å². The smallest absolute Gasteiger partial charge is 0.191 e. The number of ether oxygens (including phenoxy) is 1. The highest BCUT2D eigenvalue weighted by Crippen LogP contribution is 2.31. The number of rotatable bonds is 9. The van der Waals surface area contributed by atoms with Crippen LogP contribution in [0.4, 0.5) is 0 Å². The minimum absolute atomic E-state index is 0.744. The predicted molar refractivity (Wildman–Crippen MR) is 102 cm³/mol. The Bertz CT molecular complexity index is 754. The molecule has 2 aromatic heterocycles. The molecule has 3 rings (SSSR count). The van der Waals surface area contributed by atoms with Gasteiger partial charge in [-0.1, -0.05) is 35.7 Å². The fraction of sp³-hybridized carbons (Fsp3) is 0.438. The summed E-state index contributed by atoms with van der Waals surface area (Å²) in [7, 11) is 0. The first-order valence-corrected chi connectivity index (χ1v) is 10.7. The molecule has 0 N–H and O–H groups in total. The van der Waals surface area contributed by atoms with E-state index in [1.807, 2.05) is 13.0 Å². The molecule has 1 aromatic carbocycles. The lowest BCUT2D eigenvalue weighted by Gasteiger charge is -2.06. The summed E-state index contributed by atoms with van der Waals surface area (Å²) in [5, 5.41) is 9.66. The number of para-hydroxylation sites is 1. The van der Waals surface area contributed by atoms with Gasteiger partial charge < -0.3 is 9.30 Å². The van der Waals surface area contributed by atoms with E-state index in [1.165, 1.54) is 4.70 Å². The third-order valence-electron chi connectivity index (χ3n) is 3.37. The van der Waals surface area contributed by atoms with Crippen molar-refractivity contribution in [3.8, 4) is 0 Å². The van der Waals surface area contributed by atoms with Crippen LogP contribution in [-0.2, 0) is 17.0 Å². The second-order valence-electron chi connectivity index (χ2n) is 4.92. The summed E-state index contributed by atoms with van der Waals surface area (Å²) >= 11 is 5.15. The molecule has 8 heteroatoms. The van der Waals surface area contributed by atoms with Crippen LogP contribution in [0.2, 0.25) is 0 Å². The average molecular weight is 381 g/mol. The van der Waals surface area contributed by atoms with E-state index >= 15 is 0 Å². The van der Waals surface area contributed by atoms with Crippen LogP contribution in [0.1, 0.15) is 19.7 Å². The molecule has 0 aliphatic rings. The molecule has 0 saturated carbocycles. The van der Waals surface area contributed by atoms with Gasteiger partial charge in [0.1, 0.15) is 5.82 Å². The second kappa shape index (κ2) is 8.84. The van der Waals surface area contributed by atoms with Crippen LogP contribution >= 0.6 is 34.9 Å². The maximum absolute atomic E-state index is 5.38. The van der Waals surface area contributed by atoms with Crippen LogP contribution in [0.3, 0.4) is 0 Å². The normalized spacial score (nSPS) is 11.4. The fourth-order valence-corrected chi connectivity index (χ4v) is 5.11. The average Bonchev–Trinajstić information content (AvgIpc) is 3.19. The lowest BCUT2D eigenvalue weighted by molar-refractivity contribution is 0.164. The maximum atomic E-state index is 5.38. The van der Waals surface area contributed by atoms with Gasteiger partial charge in [-0.05, 0) is 26.0 Å². The Balaban J connectivity index is 1.63. The van der Waals surface area contributed by atoms with Gasteiger partial charge in [0.05, 0.1) is 22.6 Å². The molecule has 0 fully saturated rings. The molecule has 24 heavy (non-hydrogen) atoms. The summed E-state index contributed by atoms with van der Waals surface area (Å²) in [5.74, 6) is 2.68. The summed E-state index contributed by atoms with van der Waals surface area (Å²) in [6.07, 6.45) is 0. The van der Waals surface area contributed by atoms with E-state index in [0.29, 0.717) is 0 Å². The van der Waals surface area contributed by atoms with Gasteiger partial charge in [-0.25, -0.2) is 4.98 Å². The molecule has 2 heterocycles. The molecule has 3 aromatic rings. The van der Waals surface area contributed by atoms with Crippen molar-refractivity contribution in [1.29, 1.82) is 0 Å². The van der Waals surface area contributed by atoms with Gasteiger partial charge in [0.15, 0.2) is 9.50 Å². The molecule has 0 bridgehead atoms. The number of thiazole rings is 1. The van der Waals surface area contributed by atoms with Crippen molar-refractivity contribution in [3.63, 3.8) is 0 Å². The van der Waals surface area contributed by atoms with E-state index in [0.717, 1.165) is 52.1 Å². The monoisotopic (exact) mass is 380 g/mol. The van der Waals surface area contributed by atoms with Gasteiger partial charge in [-0.3, -0.25) is 0 Å². The second-order valence-corrected chi connectivity index (χ2v) is 8.24. The fourth-order valence-electron chi connectivity index (χ4n) is 2.23. The molecule has 0 spiro atoms. The number of benzene rings is 1. The molecular formula is C16H20N4OS3. The number of hydrogen-bond donors (Lipinski definition) is 0. The highest BCUT2D eigenvalue weighted by molar-refractivity contribution is 8.00. The Morgan fingerprint density at radius 3 is 2.83 bits per heavy atom. The Morgan fingerprint density at radius 2 is 2.04 bits per heavy atom. The molecule has 0 aliphatic heterocycles. The van der Waals surface area contributed by atoms with Crippen LogP contribution in [0, 0.1) is 0 Å². The van der Waals surface area contributed by atoms with Gasteiger partial charge in [0.2, 0.25) is 0 Å². The zero-order chi connectivity index (χ0) is 16.8. The number of thioether (sulfide) groups is 2. The lowest BCUT2D eigenvalue weighted by Crippen LogP contribution is -2.03. The molecule has 0 atom stereocenters. The Hall–Kier alpha value is -1.09. The molecule has 0 unspecified atom stereocenters. The largest absolute Gasteiger partial charge is 0.381 e. The standard InChI is InChI=1S/C16H20N4OS3/c1-3-20-14(18-19-15(20)22-10-9-21-4-2)11-23-16-17-12-7-5-6-8-13(12)24-16/h5-8H,3-4,9-11H2,1-2H3. The van der Waals surface area contributed by atoms with Crippen LogP contribution in [0.5, 0.6) is 0 Å². The van der Waals surface area contributed by atoms with Gasteiger partial charge in [-0.2, -0.15) is 0 Å². The zero-order valence-electron chi connectivity index (χ0n) is 13.8.